The number of amidine groups is 1. The number of hydrogen-bond donors (Lipinski definition) is 0. The van der Waals surface area contributed by atoms with Crippen LogP contribution in [0.25, 0.3) is 6.08 Å². The number of carbonyl (C=O) groups is 1. The third kappa shape index (κ3) is 4.72. The van der Waals surface area contributed by atoms with Crippen molar-refractivity contribution < 1.29 is 13.2 Å². The second-order valence-corrected chi connectivity index (χ2v) is 10.9. The third-order valence-electron chi connectivity index (χ3n) is 4.00. The Kier molecular flexibility index (Phi) is 6.39. The first-order valence-corrected chi connectivity index (χ1v) is 11.8. The van der Waals surface area contributed by atoms with E-state index >= 15 is 0 Å². The summed E-state index contributed by atoms with van der Waals surface area (Å²) in [6.07, 6.45) is 3.34. The van der Waals surface area contributed by atoms with Crippen LogP contribution in [0, 0.1) is 0 Å². The van der Waals surface area contributed by atoms with E-state index in [0.717, 1.165) is 9.18 Å². The number of rotatable bonds is 5. The molecule has 0 aliphatic carbocycles. The van der Waals surface area contributed by atoms with Gasteiger partial charge in [-0.2, -0.15) is 0 Å². The molecule has 1 aromatic carbocycles. The predicted octanol–water partition coefficient (Wildman–Crippen LogP) is 3.66. The normalized spacial score (nSPS) is 19.2. The molecule has 1 unspecified atom stereocenters. The first-order chi connectivity index (χ1) is 13.3. The van der Waals surface area contributed by atoms with Crippen LogP contribution < -0.4 is 0 Å². The Bertz CT molecular complexity index is 1010. The van der Waals surface area contributed by atoms with Gasteiger partial charge in [-0.3, -0.25) is 9.69 Å². The largest absolute Gasteiger partial charge is 0.287 e. The minimum Gasteiger partial charge on any atom is -0.287 e. The van der Waals surface area contributed by atoms with Crippen LogP contribution in [-0.2, 0) is 14.8 Å². The molecule has 9 heteroatoms. The zero-order valence-electron chi connectivity index (χ0n) is 15.8. The van der Waals surface area contributed by atoms with Gasteiger partial charge in [-0.1, -0.05) is 30.8 Å². The van der Waals surface area contributed by atoms with Crippen molar-refractivity contribution in [2.75, 3.05) is 20.6 Å². The van der Waals surface area contributed by atoms with Gasteiger partial charge in [-0.05, 0) is 35.7 Å². The Morgan fingerprint density at radius 1 is 1.29 bits per heavy atom. The van der Waals surface area contributed by atoms with Crippen LogP contribution in [0.3, 0.4) is 0 Å². The quantitative estimate of drug-likeness (QED) is 0.672. The van der Waals surface area contributed by atoms with Crippen LogP contribution in [0.2, 0.25) is 0 Å². The van der Waals surface area contributed by atoms with Gasteiger partial charge in [-0.15, -0.1) is 11.3 Å². The molecule has 0 saturated carbocycles. The van der Waals surface area contributed by atoms with Gasteiger partial charge in [-0.25, -0.2) is 17.7 Å². The lowest BCUT2D eigenvalue weighted by Gasteiger charge is -2.14. The Balaban J connectivity index is 1.86. The molecule has 1 fully saturated rings. The molecule has 1 aliphatic heterocycles. The molecule has 0 bridgehead atoms. The van der Waals surface area contributed by atoms with E-state index in [1.54, 1.807) is 40.5 Å². The van der Waals surface area contributed by atoms with Crippen molar-refractivity contribution >= 4 is 56.0 Å². The smallest absolute Gasteiger partial charge is 0.252 e. The van der Waals surface area contributed by atoms with E-state index in [1.165, 1.54) is 38.0 Å². The lowest BCUT2D eigenvalue weighted by Crippen LogP contribution is -2.30. The highest BCUT2D eigenvalue weighted by atomic mass is 32.2. The summed E-state index contributed by atoms with van der Waals surface area (Å²) in [7, 11) is -0.563. The fraction of sp³-hybridized carbons (Fsp3) is 0.263. The summed E-state index contributed by atoms with van der Waals surface area (Å²) in [5.41, 5.74) is 0.500. The molecule has 1 aromatic heterocycles. The fourth-order valence-electron chi connectivity index (χ4n) is 2.55. The first-order valence-electron chi connectivity index (χ1n) is 8.58. The summed E-state index contributed by atoms with van der Waals surface area (Å²) in [5.74, 6) is -0.138. The summed E-state index contributed by atoms with van der Waals surface area (Å²) in [5, 5.41) is 2.75. The third-order valence-corrected chi connectivity index (χ3v) is 7.72. The molecule has 2 aromatic rings. The molecule has 2 heterocycles. The Morgan fingerprint density at radius 3 is 2.75 bits per heavy atom. The minimum absolute atomic E-state index is 0.138. The molecule has 3 rings (SSSR count). The first kappa shape index (κ1) is 20.8. The molecule has 148 valence electrons. The minimum atomic E-state index is -3.54. The van der Waals surface area contributed by atoms with E-state index in [1.807, 2.05) is 24.4 Å². The van der Waals surface area contributed by atoms with Crippen molar-refractivity contribution in [3.63, 3.8) is 0 Å². The van der Waals surface area contributed by atoms with Crippen molar-refractivity contribution in [3.05, 3.63) is 52.7 Å². The maximum absolute atomic E-state index is 12.6. The fourth-order valence-corrected chi connectivity index (χ4v) is 5.14. The Morgan fingerprint density at radius 2 is 2.07 bits per heavy atom. The number of benzene rings is 1. The number of hydrogen-bond acceptors (Lipinski definition) is 6. The van der Waals surface area contributed by atoms with Crippen molar-refractivity contribution in [2.24, 2.45) is 4.99 Å². The van der Waals surface area contributed by atoms with Crippen LogP contribution in [0.1, 0.15) is 11.8 Å². The zero-order valence-corrected chi connectivity index (χ0v) is 18.2. The lowest BCUT2D eigenvalue weighted by molar-refractivity contribution is -0.122. The van der Waals surface area contributed by atoms with E-state index in [9.17, 15) is 13.2 Å². The lowest BCUT2D eigenvalue weighted by atomic mass is 10.3. The number of amides is 1. The zero-order chi connectivity index (χ0) is 20.3. The van der Waals surface area contributed by atoms with Crippen LogP contribution >= 0.6 is 23.1 Å². The van der Waals surface area contributed by atoms with Crippen molar-refractivity contribution in [2.45, 2.75) is 17.1 Å². The summed E-state index contributed by atoms with van der Waals surface area (Å²) >= 11 is 3.07. The SMILES string of the molecule is CC1CN(C(=O)/C=C/c2cccs2)C(=Nc2cccc(S(=O)(=O)N(C)C)c2)S1. The van der Waals surface area contributed by atoms with Gasteiger partial charge in [0.15, 0.2) is 5.17 Å². The van der Waals surface area contributed by atoms with Gasteiger partial charge in [0, 0.05) is 36.8 Å². The van der Waals surface area contributed by atoms with Crippen LogP contribution in [0.15, 0.2) is 57.7 Å². The molecule has 1 aliphatic rings. The monoisotopic (exact) mass is 435 g/mol. The molecule has 6 nitrogen and oxygen atoms in total. The standard InChI is InChI=1S/C19H21N3O3S3/c1-14-13-22(18(23)10-9-16-7-5-11-26-16)19(27-14)20-15-6-4-8-17(12-15)28(24,25)21(2)3/h4-12,14H,13H2,1-3H3/b10-9+,20-19?. The van der Waals surface area contributed by atoms with Gasteiger partial charge in [0.25, 0.3) is 5.91 Å². The highest BCUT2D eigenvalue weighted by Gasteiger charge is 2.29. The molecule has 0 N–H and O–H groups in total. The highest BCUT2D eigenvalue weighted by molar-refractivity contribution is 8.14. The van der Waals surface area contributed by atoms with E-state index in [4.69, 9.17) is 0 Å². The second kappa shape index (κ2) is 8.60. The van der Waals surface area contributed by atoms with E-state index in [2.05, 4.69) is 4.99 Å². The van der Waals surface area contributed by atoms with Gasteiger partial charge >= 0.3 is 0 Å². The summed E-state index contributed by atoms with van der Waals surface area (Å²) in [6.45, 7) is 2.59. The van der Waals surface area contributed by atoms with Crippen LogP contribution in [0.5, 0.6) is 0 Å². The number of aliphatic imine (C=N–C) groups is 1. The average molecular weight is 436 g/mol. The summed E-state index contributed by atoms with van der Waals surface area (Å²) < 4.78 is 25.9. The Hall–Kier alpha value is -1.94. The van der Waals surface area contributed by atoms with Crippen molar-refractivity contribution in [1.29, 1.82) is 0 Å². The van der Waals surface area contributed by atoms with Crippen molar-refractivity contribution in [1.82, 2.24) is 9.21 Å². The van der Waals surface area contributed by atoms with Crippen LogP contribution in [-0.4, -0.2) is 54.6 Å². The summed E-state index contributed by atoms with van der Waals surface area (Å²) in [6, 6.07) is 10.3. The number of sulfonamides is 1. The maximum Gasteiger partial charge on any atom is 0.252 e. The topological polar surface area (TPSA) is 70.0 Å². The van der Waals surface area contributed by atoms with E-state index in [-0.39, 0.29) is 16.1 Å². The molecular weight excluding hydrogens is 414 g/mol. The molecule has 0 spiro atoms. The highest BCUT2D eigenvalue weighted by Crippen LogP contribution is 2.29. The van der Waals surface area contributed by atoms with Gasteiger partial charge in [0.05, 0.1) is 10.6 Å². The van der Waals surface area contributed by atoms with Gasteiger partial charge in [0.1, 0.15) is 0 Å². The Labute approximate surface area is 173 Å². The molecule has 28 heavy (non-hydrogen) atoms. The second-order valence-electron chi connectivity index (χ2n) is 6.41. The van der Waals surface area contributed by atoms with Crippen molar-refractivity contribution in [3.8, 4) is 0 Å². The number of thiophene rings is 1. The molecular formula is C19H21N3O3S3. The molecule has 0 radical (unpaired) electrons. The van der Waals surface area contributed by atoms with E-state index in [0.29, 0.717) is 17.4 Å². The molecule has 1 amide bonds. The van der Waals surface area contributed by atoms with Crippen LogP contribution in [0.4, 0.5) is 5.69 Å². The summed E-state index contributed by atoms with van der Waals surface area (Å²) in [4.78, 5) is 20.0. The molecule has 1 atom stereocenters. The number of thioether (sulfide) groups is 1. The van der Waals surface area contributed by atoms with Gasteiger partial charge in [0.2, 0.25) is 10.0 Å². The molecule has 1 saturated heterocycles. The van der Waals surface area contributed by atoms with Gasteiger partial charge < -0.3 is 0 Å². The average Bonchev–Trinajstić information content (AvgIpc) is 3.29. The predicted molar refractivity (Wildman–Crippen MR) is 117 cm³/mol. The number of carbonyl (C=O) groups excluding carboxylic acids is 1. The van der Waals surface area contributed by atoms with E-state index < -0.39 is 10.0 Å². The maximum atomic E-state index is 12.6. The number of nitrogens with zero attached hydrogens (tertiary/aromatic N) is 3.